The van der Waals surface area contributed by atoms with E-state index in [1.165, 1.54) is 21.6 Å². The van der Waals surface area contributed by atoms with Crippen molar-refractivity contribution in [1.82, 2.24) is 0 Å². The second-order valence-electron chi connectivity index (χ2n) is 7.22. The maximum atomic E-state index is 13.0. The molecule has 0 unspecified atom stereocenters. The van der Waals surface area contributed by atoms with Gasteiger partial charge in [0.25, 0.3) is 0 Å². The van der Waals surface area contributed by atoms with Crippen LogP contribution in [0.5, 0.6) is 0 Å². The number of rotatable bonds is 1. The topological polar surface area (TPSA) is 37.4 Å². The van der Waals surface area contributed by atoms with E-state index in [1.54, 1.807) is 0 Å². The van der Waals surface area contributed by atoms with Crippen molar-refractivity contribution < 1.29 is 9.59 Å². The fourth-order valence-electron chi connectivity index (χ4n) is 4.55. The van der Waals surface area contributed by atoms with E-state index in [4.69, 9.17) is 0 Å². The molecule has 3 aliphatic rings. The van der Waals surface area contributed by atoms with Crippen LogP contribution in [0.1, 0.15) is 25.0 Å². The number of nitrogens with zero attached hydrogens (tertiary/aromatic N) is 1. The standard InChI is InChI=1S/C20H21NO2/c1-10(2)16-14-7-8-15(16)18-17(14)19(22)21(20(18)23)13-6-5-11(3)12(4)9-13/h5-9,14-15,17-18H,1-4H3/t14-,15+,17-,18-/m0/s1. The van der Waals surface area contributed by atoms with Crippen molar-refractivity contribution in [2.45, 2.75) is 27.7 Å². The Morgan fingerprint density at radius 3 is 1.96 bits per heavy atom. The highest BCUT2D eigenvalue weighted by Gasteiger charge is 2.61. The molecule has 3 heteroatoms. The minimum atomic E-state index is -0.205. The van der Waals surface area contributed by atoms with Crippen LogP contribution in [0, 0.1) is 37.5 Å². The first-order chi connectivity index (χ1) is 10.9. The fourth-order valence-corrected chi connectivity index (χ4v) is 4.55. The van der Waals surface area contributed by atoms with Crippen molar-refractivity contribution in [2.24, 2.45) is 23.7 Å². The molecular formula is C20H21NO2. The summed E-state index contributed by atoms with van der Waals surface area (Å²) in [5.74, 6) is -0.239. The number of fused-ring (bicyclic) bond motifs is 5. The number of carbonyl (C=O) groups excluding carboxylic acids is 2. The summed E-state index contributed by atoms with van der Waals surface area (Å²) < 4.78 is 0. The Bertz CT molecular complexity index is 764. The average Bonchev–Trinajstić information content (AvgIpc) is 3.13. The van der Waals surface area contributed by atoms with Crippen LogP contribution in [0.2, 0.25) is 0 Å². The van der Waals surface area contributed by atoms with Gasteiger partial charge in [0.05, 0.1) is 17.5 Å². The molecule has 1 aromatic rings. The molecule has 2 amide bonds. The van der Waals surface area contributed by atoms with Crippen LogP contribution in [0.3, 0.4) is 0 Å². The summed E-state index contributed by atoms with van der Waals surface area (Å²) in [4.78, 5) is 27.4. The number of aryl methyl sites for hydroxylation is 2. The molecule has 2 fully saturated rings. The smallest absolute Gasteiger partial charge is 0.238 e. The van der Waals surface area contributed by atoms with Crippen LogP contribution < -0.4 is 4.90 Å². The van der Waals surface area contributed by atoms with Crippen molar-refractivity contribution in [3.63, 3.8) is 0 Å². The van der Waals surface area contributed by atoms with Crippen molar-refractivity contribution >= 4 is 17.5 Å². The lowest BCUT2D eigenvalue weighted by molar-refractivity contribution is -0.122. The molecule has 1 heterocycles. The lowest BCUT2D eigenvalue weighted by atomic mass is 9.85. The number of allylic oxidation sites excluding steroid dienone is 4. The second-order valence-corrected chi connectivity index (χ2v) is 7.22. The Morgan fingerprint density at radius 1 is 0.913 bits per heavy atom. The number of hydrogen-bond donors (Lipinski definition) is 0. The lowest BCUT2D eigenvalue weighted by Crippen LogP contribution is -2.33. The zero-order valence-electron chi connectivity index (χ0n) is 14.0. The zero-order valence-corrected chi connectivity index (χ0v) is 14.0. The summed E-state index contributed by atoms with van der Waals surface area (Å²) in [5.41, 5.74) is 5.53. The van der Waals surface area contributed by atoms with Crippen LogP contribution in [-0.4, -0.2) is 11.8 Å². The fraction of sp³-hybridized carbons (Fsp3) is 0.400. The van der Waals surface area contributed by atoms with Crippen molar-refractivity contribution in [2.75, 3.05) is 4.90 Å². The van der Waals surface area contributed by atoms with Gasteiger partial charge < -0.3 is 0 Å². The second kappa shape index (κ2) is 4.67. The number of benzene rings is 1. The van der Waals surface area contributed by atoms with Gasteiger partial charge in [-0.2, -0.15) is 0 Å². The third-order valence-corrected chi connectivity index (χ3v) is 5.74. The minimum absolute atomic E-state index is 0.0288. The Labute approximate surface area is 136 Å². The van der Waals surface area contributed by atoms with E-state index in [2.05, 4.69) is 26.0 Å². The number of carbonyl (C=O) groups is 2. The summed E-state index contributed by atoms with van der Waals surface area (Å²) in [7, 11) is 0. The van der Waals surface area contributed by atoms with Crippen LogP contribution in [-0.2, 0) is 9.59 Å². The molecule has 1 saturated heterocycles. The van der Waals surface area contributed by atoms with E-state index < -0.39 is 0 Å². The molecule has 2 bridgehead atoms. The van der Waals surface area contributed by atoms with Gasteiger partial charge in [-0.3, -0.25) is 9.59 Å². The van der Waals surface area contributed by atoms with Gasteiger partial charge in [-0.25, -0.2) is 4.90 Å². The van der Waals surface area contributed by atoms with Gasteiger partial charge in [0, 0.05) is 11.8 Å². The predicted octanol–water partition coefficient (Wildman–Crippen LogP) is 3.56. The number of hydrogen-bond acceptors (Lipinski definition) is 2. The Hall–Kier alpha value is -2.16. The molecule has 0 N–H and O–H groups in total. The van der Waals surface area contributed by atoms with Crippen molar-refractivity contribution in [1.29, 1.82) is 0 Å². The SMILES string of the molecule is CC(C)=C1[C@H]2C=C[C@@H]1[C@@H]1C(=O)N(c3ccc(C)c(C)c3)C(=O)[C@H]12. The Kier molecular flexibility index (Phi) is 2.93. The zero-order chi connectivity index (χ0) is 16.5. The third-order valence-electron chi connectivity index (χ3n) is 5.74. The van der Waals surface area contributed by atoms with E-state index in [1.807, 2.05) is 32.0 Å². The van der Waals surface area contributed by atoms with Crippen molar-refractivity contribution in [3.8, 4) is 0 Å². The van der Waals surface area contributed by atoms with Gasteiger partial charge in [-0.1, -0.05) is 29.4 Å². The number of amides is 2. The van der Waals surface area contributed by atoms with Crippen LogP contribution in [0.25, 0.3) is 0 Å². The maximum Gasteiger partial charge on any atom is 0.238 e. The van der Waals surface area contributed by atoms with E-state index in [9.17, 15) is 9.59 Å². The summed E-state index contributed by atoms with van der Waals surface area (Å²) in [6, 6.07) is 5.81. The summed E-state index contributed by atoms with van der Waals surface area (Å²) >= 11 is 0. The molecular weight excluding hydrogens is 286 g/mol. The molecule has 0 aromatic heterocycles. The van der Waals surface area contributed by atoms with Gasteiger partial charge in [0.15, 0.2) is 0 Å². The average molecular weight is 307 g/mol. The highest BCUT2D eigenvalue weighted by molar-refractivity contribution is 6.23. The summed E-state index contributed by atoms with van der Waals surface area (Å²) in [6.45, 7) is 8.21. The molecule has 0 spiro atoms. The van der Waals surface area contributed by atoms with Gasteiger partial charge in [0.2, 0.25) is 11.8 Å². The Morgan fingerprint density at radius 2 is 1.48 bits per heavy atom. The highest BCUT2D eigenvalue weighted by atomic mass is 16.2. The van der Waals surface area contributed by atoms with E-state index in [-0.39, 0.29) is 35.5 Å². The lowest BCUT2D eigenvalue weighted by Gasteiger charge is -2.20. The maximum absolute atomic E-state index is 13.0. The monoisotopic (exact) mass is 307 g/mol. The Balaban J connectivity index is 1.77. The van der Waals surface area contributed by atoms with E-state index in [0.717, 1.165) is 11.3 Å². The van der Waals surface area contributed by atoms with Crippen LogP contribution in [0.4, 0.5) is 5.69 Å². The summed E-state index contributed by atoms with van der Waals surface area (Å²) in [6.07, 6.45) is 4.26. The van der Waals surface area contributed by atoms with E-state index in [0.29, 0.717) is 0 Å². The first-order valence-corrected chi connectivity index (χ1v) is 8.22. The predicted molar refractivity (Wildman–Crippen MR) is 89.9 cm³/mol. The molecule has 0 radical (unpaired) electrons. The van der Waals surface area contributed by atoms with Gasteiger partial charge in [-0.05, 0) is 51.0 Å². The number of imide groups is 1. The van der Waals surface area contributed by atoms with E-state index >= 15 is 0 Å². The highest BCUT2D eigenvalue weighted by Crippen LogP contribution is 2.57. The first-order valence-electron chi connectivity index (χ1n) is 8.22. The molecule has 118 valence electrons. The largest absolute Gasteiger partial charge is 0.274 e. The van der Waals surface area contributed by atoms with Crippen molar-refractivity contribution in [3.05, 3.63) is 52.6 Å². The molecule has 4 rings (SSSR count). The molecule has 4 atom stereocenters. The van der Waals surface area contributed by atoms with Crippen LogP contribution >= 0.6 is 0 Å². The molecule has 1 aliphatic heterocycles. The normalized spacial score (nSPS) is 31.3. The third kappa shape index (κ3) is 1.76. The van der Waals surface area contributed by atoms with Gasteiger partial charge in [0.1, 0.15) is 0 Å². The molecule has 2 aliphatic carbocycles. The molecule has 1 saturated carbocycles. The quantitative estimate of drug-likeness (QED) is 0.587. The van der Waals surface area contributed by atoms with Gasteiger partial charge >= 0.3 is 0 Å². The summed E-state index contributed by atoms with van der Waals surface area (Å²) in [5, 5.41) is 0. The minimum Gasteiger partial charge on any atom is -0.274 e. The molecule has 23 heavy (non-hydrogen) atoms. The number of anilines is 1. The van der Waals surface area contributed by atoms with Gasteiger partial charge in [-0.15, -0.1) is 0 Å². The molecule has 3 nitrogen and oxygen atoms in total. The first kappa shape index (κ1) is 14.4. The van der Waals surface area contributed by atoms with Crippen LogP contribution in [0.15, 0.2) is 41.5 Å². The molecule has 1 aromatic carbocycles.